The summed E-state index contributed by atoms with van der Waals surface area (Å²) in [6, 6.07) is 22.2. The first kappa shape index (κ1) is 18.7. The van der Waals surface area contributed by atoms with Crippen LogP contribution in [0.1, 0.15) is 34.0 Å². The molecule has 1 aliphatic rings. The Bertz CT molecular complexity index is 1110. The van der Waals surface area contributed by atoms with E-state index >= 15 is 0 Å². The quantitative estimate of drug-likeness (QED) is 0.464. The van der Waals surface area contributed by atoms with Gasteiger partial charge in [-0.2, -0.15) is 0 Å². The summed E-state index contributed by atoms with van der Waals surface area (Å²) in [6.07, 6.45) is 1.83. The molecule has 3 aromatic rings. The number of hydrogen-bond donors (Lipinski definition) is 0. The number of nitrogens with zero attached hydrogens (tertiary/aromatic N) is 1. The highest BCUT2D eigenvalue weighted by Gasteiger charge is 2.36. The molecule has 0 N–H and O–H groups in total. The Kier molecular flexibility index (Phi) is 5.00. The van der Waals surface area contributed by atoms with Crippen LogP contribution in [0.3, 0.4) is 0 Å². The smallest absolute Gasteiger partial charge is 0.265 e. The number of para-hydroxylation sites is 1. The summed E-state index contributed by atoms with van der Waals surface area (Å²) in [5.74, 6) is 0.155. The molecule has 0 aromatic heterocycles. The number of carbonyl (C=O) groups excluding carboxylic acids is 2. The lowest BCUT2D eigenvalue weighted by molar-refractivity contribution is -0.112. The van der Waals surface area contributed by atoms with Crippen LogP contribution in [0.2, 0.25) is 0 Å². The second-order valence-corrected chi connectivity index (χ2v) is 6.84. The lowest BCUT2D eigenvalue weighted by Crippen LogP contribution is -2.42. The van der Waals surface area contributed by atoms with E-state index < -0.39 is 0 Å². The van der Waals surface area contributed by atoms with Crippen LogP contribution in [0.25, 0.3) is 11.6 Å². The number of carbonyl (C=O) groups is 2. The first-order valence-electron chi connectivity index (χ1n) is 9.58. The van der Waals surface area contributed by atoms with Crippen molar-refractivity contribution in [1.29, 1.82) is 0 Å². The third kappa shape index (κ3) is 3.45. The lowest BCUT2D eigenvalue weighted by atomic mass is 9.91. The van der Waals surface area contributed by atoms with Crippen LogP contribution >= 0.6 is 0 Å². The van der Waals surface area contributed by atoms with Crippen molar-refractivity contribution >= 4 is 29.2 Å². The van der Waals surface area contributed by atoms with Crippen LogP contribution in [-0.4, -0.2) is 18.4 Å². The highest BCUT2D eigenvalue weighted by atomic mass is 16.5. The summed E-state index contributed by atoms with van der Waals surface area (Å²) in [6.45, 7) is 4.43. The SMILES string of the molecule is CCOc1ccc(/C=C2\C(=O)N(c3ccccc3C)C(=O)c3ccccc32)cc1. The zero-order chi connectivity index (χ0) is 20.4. The molecule has 3 aromatic carbocycles. The second kappa shape index (κ2) is 7.76. The van der Waals surface area contributed by atoms with Gasteiger partial charge in [-0.15, -0.1) is 0 Å². The van der Waals surface area contributed by atoms with Gasteiger partial charge in [-0.3, -0.25) is 9.59 Å². The summed E-state index contributed by atoms with van der Waals surface area (Å²) in [7, 11) is 0. The lowest BCUT2D eigenvalue weighted by Gasteiger charge is -2.29. The van der Waals surface area contributed by atoms with Crippen molar-refractivity contribution < 1.29 is 14.3 Å². The Balaban J connectivity index is 1.84. The van der Waals surface area contributed by atoms with Crippen molar-refractivity contribution in [2.45, 2.75) is 13.8 Å². The van der Waals surface area contributed by atoms with Crippen molar-refractivity contribution in [1.82, 2.24) is 0 Å². The monoisotopic (exact) mass is 383 g/mol. The number of anilines is 1. The van der Waals surface area contributed by atoms with Gasteiger partial charge in [0.1, 0.15) is 5.75 Å². The molecule has 0 saturated heterocycles. The molecule has 0 saturated carbocycles. The number of fused-ring (bicyclic) bond motifs is 1. The number of imide groups is 1. The summed E-state index contributed by atoms with van der Waals surface area (Å²) < 4.78 is 5.49. The first-order chi connectivity index (χ1) is 14.1. The zero-order valence-electron chi connectivity index (χ0n) is 16.4. The van der Waals surface area contributed by atoms with E-state index in [1.807, 2.05) is 80.6 Å². The fourth-order valence-electron chi connectivity index (χ4n) is 3.52. The third-order valence-electron chi connectivity index (χ3n) is 4.94. The average molecular weight is 383 g/mol. The highest BCUT2D eigenvalue weighted by Crippen LogP contribution is 2.34. The molecule has 1 heterocycles. The van der Waals surface area contributed by atoms with Gasteiger partial charge < -0.3 is 4.74 Å². The number of hydrogen-bond acceptors (Lipinski definition) is 3. The van der Waals surface area contributed by atoms with Crippen molar-refractivity contribution in [3.8, 4) is 5.75 Å². The van der Waals surface area contributed by atoms with E-state index in [1.54, 1.807) is 12.1 Å². The topological polar surface area (TPSA) is 46.6 Å². The zero-order valence-corrected chi connectivity index (χ0v) is 16.4. The molecule has 4 heteroatoms. The number of benzene rings is 3. The van der Waals surface area contributed by atoms with Crippen LogP contribution < -0.4 is 9.64 Å². The number of amides is 2. The molecule has 0 bridgehead atoms. The summed E-state index contributed by atoms with van der Waals surface area (Å²) in [5, 5.41) is 0. The van der Waals surface area contributed by atoms with Crippen LogP contribution in [0.15, 0.2) is 72.8 Å². The maximum atomic E-state index is 13.4. The second-order valence-electron chi connectivity index (χ2n) is 6.84. The fourth-order valence-corrected chi connectivity index (χ4v) is 3.52. The Morgan fingerprint density at radius 3 is 2.17 bits per heavy atom. The Morgan fingerprint density at radius 1 is 0.828 bits per heavy atom. The van der Waals surface area contributed by atoms with Gasteiger partial charge >= 0.3 is 0 Å². The summed E-state index contributed by atoms with van der Waals surface area (Å²) in [5.41, 5.74) is 4.01. The fraction of sp³-hybridized carbons (Fsp3) is 0.120. The van der Waals surface area contributed by atoms with Crippen LogP contribution in [0.5, 0.6) is 5.75 Å². The molecule has 0 atom stereocenters. The van der Waals surface area contributed by atoms with E-state index in [-0.39, 0.29) is 11.8 Å². The maximum Gasteiger partial charge on any atom is 0.265 e. The van der Waals surface area contributed by atoms with Crippen LogP contribution in [0.4, 0.5) is 5.69 Å². The van der Waals surface area contributed by atoms with Gasteiger partial charge in [-0.1, -0.05) is 48.5 Å². The van der Waals surface area contributed by atoms with Gasteiger partial charge in [0.2, 0.25) is 0 Å². The molecule has 2 amide bonds. The van der Waals surface area contributed by atoms with Crippen molar-refractivity contribution in [2.75, 3.05) is 11.5 Å². The normalized spacial score (nSPS) is 14.8. The molecule has 4 rings (SSSR count). The molecule has 1 aliphatic heterocycles. The average Bonchev–Trinajstić information content (AvgIpc) is 2.74. The summed E-state index contributed by atoms with van der Waals surface area (Å²) >= 11 is 0. The molecule has 0 spiro atoms. The minimum Gasteiger partial charge on any atom is -0.494 e. The van der Waals surface area contributed by atoms with E-state index in [4.69, 9.17) is 4.74 Å². The minimum atomic E-state index is -0.322. The predicted octanol–water partition coefficient (Wildman–Crippen LogP) is 5.12. The molecular formula is C25H21NO3. The minimum absolute atomic E-state index is 0.302. The van der Waals surface area contributed by atoms with Crippen LogP contribution in [0, 0.1) is 6.92 Å². The number of aryl methyl sites for hydroxylation is 1. The van der Waals surface area contributed by atoms with Gasteiger partial charge in [0.25, 0.3) is 11.8 Å². The summed E-state index contributed by atoms with van der Waals surface area (Å²) in [4.78, 5) is 27.9. The van der Waals surface area contributed by atoms with Gasteiger partial charge in [0, 0.05) is 11.1 Å². The number of rotatable bonds is 4. The van der Waals surface area contributed by atoms with E-state index in [9.17, 15) is 9.59 Å². The predicted molar refractivity (Wildman–Crippen MR) is 115 cm³/mol. The van der Waals surface area contributed by atoms with E-state index in [2.05, 4.69) is 0 Å². The molecule has 144 valence electrons. The van der Waals surface area contributed by atoms with Crippen molar-refractivity contribution in [3.63, 3.8) is 0 Å². The Labute approximate surface area is 170 Å². The van der Waals surface area contributed by atoms with Crippen molar-refractivity contribution in [2.24, 2.45) is 0 Å². The van der Waals surface area contributed by atoms with Crippen molar-refractivity contribution in [3.05, 3.63) is 95.1 Å². The van der Waals surface area contributed by atoms with Gasteiger partial charge in [-0.05, 0) is 60.9 Å². The Morgan fingerprint density at radius 2 is 1.48 bits per heavy atom. The molecule has 29 heavy (non-hydrogen) atoms. The van der Waals surface area contributed by atoms with E-state index in [1.165, 1.54) is 4.90 Å². The Hall–Kier alpha value is -3.66. The first-order valence-corrected chi connectivity index (χ1v) is 9.58. The third-order valence-corrected chi connectivity index (χ3v) is 4.94. The molecule has 0 aliphatic carbocycles. The molecule has 0 unspecified atom stereocenters. The largest absolute Gasteiger partial charge is 0.494 e. The molecule has 0 fully saturated rings. The standard InChI is InChI=1S/C25H21NO3/c1-3-29-19-14-12-18(13-15-19)16-22-20-9-5-6-10-21(20)24(27)26(25(22)28)23-11-7-4-8-17(23)2/h4-16H,3H2,1-2H3/b22-16-. The molecule has 4 nitrogen and oxygen atoms in total. The van der Waals surface area contributed by atoms with Gasteiger partial charge in [0.05, 0.1) is 12.3 Å². The van der Waals surface area contributed by atoms with Gasteiger partial charge in [-0.25, -0.2) is 4.90 Å². The highest BCUT2D eigenvalue weighted by molar-refractivity contribution is 6.43. The van der Waals surface area contributed by atoms with E-state index in [0.717, 1.165) is 16.9 Å². The van der Waals surface area contributed by atoms with Crippen LogP contribution in [-0.2, 0) is 4.79 Å². The molecular weight excluding hydrogens is 362 g/mol. The molecule has 0 radical (unpaired) electrons. The maximum absolute atomic E-state index is 13.4. The van der Waals surface area contributed by atoms with Gasteiger partial charge in [0.15, 0.2) is 0 Å². The number of ether oxygens (including phenoxy) is 1. The van der Waals surface area contributed by atoms with E-state index in [0.29, 0.717) is 29.0 Å².